The van der Waals surface area contributed by atoms with Crippen molar-refractivity contribution in [3.8, 4) is 11.4 Å². The average molecular weight is 224 g/mol. The Bertz CT molecular complexity index is 461. The molecule has 0 aliphatic rings. The fourth-order valence-electron chi connectivity index (χ4n) is 1.39. The minimum atomic E-state index is 0.232. The molecule has 2 rings (SSSR count). The molecule has 2 heterocycles. The second-order valence-electron chi connectivity index (χ2n) is 3.28. The first-order valence-electron chi connectivity index (χ1n) is 4.53. The molecule has 0 amide bonds. The Morgan fingerprint density at radius 1 is 1.20 bits per heavy atom. The zero-order valence-electron chi connectivity index (χ0n) is 8.49. The number of hydrogen-bond acceptors (Lipinski definition) is 4. The molecule has 4 nitrogen and oxygen atoms in total. The van der Waals surface area contributed by atoms with Gasteiger partial charge >= 0.3 is 0 Å². The summed E-state index contributed by atoms with van der Waals surface area (Å²) in [5.41, 5.74) is 2.77. The number of aryl methyl sites for hydroxylation is 2. The van der Waals surface area contributed by atoms with Gasteiger partial charge in [-0.2, -0.15) is 4.98 Å². The predicted octanol–water partition coefficient (Wildman–Crippen LogP) is 2.49. The first-order chi connectivity index (χ1) is 7.19. The Hall–Kier alpha value is -1.42. The zero-order valence-corrected chi connectivity index (χ0v) is 9.25. The van der Waals surface area contributed by atoms with E-state index in [1.54, 1.807) is 0 Å². The van der Waals surface area contributed by atoms with Crippen LogP contribution in [0.2, 0.25) is 0 Å². The van der Waals surface area contributed by atoms with Gasteiger partial charge in [0.15, 0.2) is 0 Å². The predicted molar refractivity (Wildman–Crippen MR) is 56.6 cm³/mol. The third-order valence-corrected chi connectivity index (χ3v) is 2.15. The SMILES string of the molecule is Cc1cc(-c2noc(CCl)n2)cc(C)n1. The fourth-order valence-corrected chi connectivity index (χ4v) is 1.50. The normalized spacial score (nSPS) is 10.6. The maximum absolute atomic E-state index is 5.58. The molecule has 0 atom stereocenters. The topological polar surface area (TPSA) is 51.8 Å². The first kappa shape index (κ1) is 10.1. The van der Waals surface area contributed by atoms with Crippen LogP contribution < -0.4 is 0 Å². The monoisotopic (exact) mass is 223 g/mol. The van der Waals surface area contributed by atoms with E-state index in [1.165, 1.54) is 0 Å². The van der Waals surface area contributed by atoms with Gasteiger partial charge in [-0.1, -0.05) is 5.16 Å². The van der Waals surface area contributed by atoms with Crippen molar-refractivity contribution in [2.24, 2.45) is 0 Å². The molecular formula is C10H10ClN3O. The second kappa shape index (κ2) is 3.98. The van der Waals surface area contributed by atoms with E-state index in [2.05, 4.69) is 15.1 Å². The van der Waals surface area contributed by atoms with Crippen LogP contribution in [0.25, 0.3) is 11.4 Å². The van der Waals surface area contributed by atoms with Gasteiger partial charge < -0.3 is 4.52 Å². The Morgan fingerprint density at radius 2 is 1.87 bits per heavy atom. The number of aromatic nitrogens is 3. The summed E-state index contributed by atoms with van der Waals surface area (Å²) in [5, 5.41) is 3.84. The van der Waals surface area contributed by atoms with E-state index in [-0.39, 0.29) is 5.88 Å². The summed E-state index contributed by atoms with van der Waals surface area (Å²) >= 11 is 5.58. The van der Waals surface area contributed by atoms with Crippen LogP contribution in [0.4, 0.5) is 0 Å². The van der Waals surface area contributed by atoms with Gasteiger partial charge in [0.1, 0.15) is 5.88 Å². The first-order valence-corrected chi connectivity index (χ1v) is 5.06. The summed E-state index contributed by atoms with van der Waals surface area (Å²) in [6.07, 6.45) is 0. The van der Waals surface area contributed by atoms with Crippen molar-refractivity contribution in [2.45, 2.75) is 19.7 Å². The average Bonchev–Trinajstić information content (AvgIpc) is 2.64. The summed E-state index contributed by atoms with van der Waals surface area (Å²) in [7, 11) is 0. The van der Waals surface area contributed by atoms with E-state index in [9.17, 15) is 0 Å². The number of nitrogens with zero attached hydrogens (tertiary/aromatic N) is 3. The molecule has 0 spiro atoms. The third-order valence-electron chi connectivity index (χ3n) is 1.92. The van der Waals surface area contributed by atoms with Crippen LogP contribution in [0.1, 0.15) is 17.3 Å². The molecule has 15 heavy (non-hydrogen) atoms. The number of alkyl halides is 1. The quantitative estimate of drug-likeness (QED) is 0.734. The lowest BCUT2D eigenvalue weighted by atomic mass is 10.2. The number of pyridine rings is 1. The van der Waals surface area contributed by atoms with Crippen LogP contribution in [0.5, 0.6) is 0 Å². The van der Waals surface area contributed by atoms with E-state index in [0.29, 0.717) is 11.7 Å². The molecule has 5 heteroatoms. The molecule has 0 aromatic carbocycles. The van der Waals surface area contributed by atoms with Gasteiger partial charge in [0.25, 0.3) is 0 Å². The molecule has 0 bridgehead atoms. The molecule has 0 fully saturated rings. The van der Waals surface area contributed by atoms with E-state index in [4.69, 9.17) is 16.1 Å². The number of hydrogen-bond donors (Lipinski definition) is 0. The van der Waals surface area contributed by atoms with Gasteiger partial charge in [-0.05, 0) is 26.0 Å². The Labute approximate surface area is 92.3 Å². The summed E-state index contributed by atoms with van der Waals surface area (Å²) in [5.74, 6) is 1.22. The van der Waals surface area contributed by atoms with Crippen molar-refractivity contribution in [3.05, 3.63) is 29.4 Å². The van der Waals surface area contributed by atoms with Gasteiger partial charge in [0.2, 0.25) is 11.7 Å². The number of rotatable bonds is 2. The number of halogens is 1. The summed E-state index contributed by atoms with van der Waals surface area (Å²) < 4.78 is 4.93. The highest BCUT2D eigenvalue weighted by Gasteiger charge is 2.08. The molecule has 0 unspecified atom stereocenters. The summed E-state index contributed by atoms with van der Waals surface area (Å²) in [6.45, 7) is 3.86. The molecule has 0 saturated heterocycles. The maximum atomic E-state index is 5.58. The zero-order chi connectivity index (χ0) is 10.8. The minimum absolute atomic E-state index is 0.232. The van der Waals surface area contributed by atoms with Crippen LogP contribution in [-0.2, 0) is 5.88 Å². The van der Waals surface area contributed by atoms with Gasteiger partial charge in [-0.25, -0.2) is 0 Å². The Morgan fingerprint density at radius 3 is 2.40 bits per heavy atom. The van der Waals surface area contributed by atoms with Gasteiger partial charge in [0, 0.05) is 17.0 Å². The Balaban J connectivity index is 2.44. The lowest BCUT2D eigenvalue weighted by Crippen LogP contribution is -1.89. The highest BCUT2D eigenvalue weighted by Crippen LogP contribution is 2.17. The van der Waals surface area contributed by atoms with Crippen molar-refractivity contribution in [2.75, 3.05) is 0 Å². The third kappa shape index (κ3) is 2.15. The van der Waals surface area contributed by atoms with Crippen molar-refractivity contribution in [3.63, 3.8) is 0 Å². The van der Waals surface area contributed by atoms with E-state index >= 15 is 0 Å². The van der Waals surface area contributed by atoms with Crippen molar-refractivity contribution >= 4 is 11.6 Å². The maximum Gasteiger partial charge on any atom is 0.241 e. The molecular weight excluding hydrogens is 214 g/mol. The minimum Gasteiger partial charge on any atom is -0.338 e. The van der Waals surface area contributed by atoms with Crippen LogP contribution >= 0.6 is 11.6 Å². The van der Waals surface area contributed by atoms with Crippen LogP contribution in [-0.4, -0.2) is 15.1 Å². The van der Waals surface area contributed by atoms with Crippen LogP contribution in [0, 0.1) is 13.8 Å². The van der Waals surface area contributed by atoms with E-state index in [1.807, 2.05) is 26.0 Å². The molecule has 78 valence electrons. The Kier molecular flexibility index (Phi) is 2.68. The lowest BCUT2D eigenvalue weighted by molar-refractivity contribution is 0.391. The van der Waals surface area contributed by atoms with Crippen molar-refractivity contribution in [1.82, 2.24) is 15.1 Å². The van der Waals surface area contributed by atoms with Crippen LogP contribution in [0.3, 0.4) is 0 Å². The fraction of sp³-hybridized carbons (Fsp3) is 0.300. The van der Waals surface area contributed by atoms with Crippen molar-refractivity contribution < 1.29 is 4.52 Å². The van der Waals surface area contributed by atoms with Crippen molar-refractivity contribution in [1.29, 1.82) is 0 Å². The smallest absolute Gasteiger partial charge is 0.241 e. The van der Waals surface area contributed by atoms with E-state index < -0.39 is 0 Å². The largest absolute Gasteiger partial charge is 0.338 e. The van der Waals surface area contributed by atoms with Gasteiger partial charge in [-0.15, -0.1) is 11.6 Å². The summed E-state index contributed by atoms with van der Waals surface area (Å²) in [6, 6.07) is 3.83. The van der Waals surface area contributed by atoms with Crippen LogP contribution in [0.15, 0.2) is 16.7 Å². The summed E-state index contributed by atoms with van der Waals surface area (Å²) in [4.78, 5) is 8.42. The highest BCUT2D eigenvalue weighted by molar-refractivity contribution is 6.16. The standard InChI is InChI=1S/C10H10ClN3O/c1-6-3-8(4-7(2)12-6)10-13-9(5-11)15-14-10/h3-4H,5H2,1-2H3. The highest BCUT2D eigenvalue weighted by atomic mass is 35.5. The molecule has 0 saturated carbocycles. The molecule has 2 aromatic heterocycles. The molecule has 0 aliphatic carbocycles. The molecule has 0 radical (unpaired) electrons. The van der Waals surface area contributed by atoms with Gasteiger partial charge in [-0.3, -0.25) is 4.98 Å². The molecule has 2 aromatic rings. The van der Waals surface area contributed by atoms with E-state index in [0.717, 1.165) is 17.0 Å². The second-order valence-corrected chi connectivity index (χ2v) is 3.55. The molecule has 0 N–H and O–H groups in total. The van der Waals surface area contributed by atoms with Gasteiger partial charge in [0.05, 0.1) is 0 Å². The molecule has 0 aliphatic heterocycles. The lowest BCUT2D eigenvalue weighted by Gasteiger charge is -1.98.